The van der Waals surface area contributed by atoms with Crippen molar-refractivity contribution in [3.05, 3.63) is 77.4 Å². The number of rotatable bonds is 4. The molecule has 0 bridgehead atoms. The molecular weight excluding hydrogens is 332 g/mol. The van der Waals surface area contributed by atoms with Crippen molar-refractivity contribution in [1.29, 1.82) is 5.41 Å². The summed E-state index contributed by atoms with van der Waals surface area (Å²) in [7, 11) is 1.30. The van der Waals surface area contributed by atoms with Gasteiger partial charge in [0.15, 0.2) is 0 Å². The molecule has 0 spiro atoms. The van der Waals surface area contributed by atoms with E-state index in [-0.39, 0.29) is 5.84 Å². The fourth-order valence-electron chi connectivity index (χ4n) is 2.48. The molecule has 0 amide bonds. The number of hydrogen-bond donors (Lipinski definition) is 2. The Labute approximate surface area is 149 Å². The molecule has 0 radical (unpaired) electrons. The molecule has 3 aromatic rings. The second kappa shape index (κ2) is 7.06. The fourth-order valence-corrected chi connectivity index (χ4v) is 2.48. The van der Waals surface area contributed by atoms with Crippen LogP contribution < -0.4 is 10.5 Å². The van der Waals surface area contributed by atoms with Crippen LogP contribution in [0.2, 0.25) is 0 Å². The monoisotopic (exact) mass is 348 g/mol. The van der Waals surface area contributed by atoms with Crippen LogP contribution in [0.25, 0.3) is 10.8 Å². The zero-order valence-electron chi connectivity index (χ0n) is 14.0. The number of esters is 2. The Hall–Kier alpha value is -3.67. The van der Waals surface area contributed by atoms with Gasteiger partial charge in [0.05, 0.1) is 18.2 Å². The summed E-state index contributed by atoms with van der Waals surface area (Å²) in [6.07, 6.45) is 0. The molecule has 0 aromatic heterocycles. The van der Waals surface area contributed by atoms with Gasteiger partial charge in [-0.15, -0.1) is 0 Å². The highest BCUT2D eigenvalue weighted by Crippen LogP contribution is 2.23. The number of nitrogens with one attached hydrogen (secondary N) is 1. The Kier molecular flexibility index (Phi) is 4.66. The Bertz CT molecular complexity index is 1010. The van der Waals surface area contributed by atoms with Crippen LogP contribution in [-0.4, -0.2) is 24.9 Å². The molecule has 3 aromatic carbocycles. The predicted octanol–water partition coefficient (Wildman–Crippen LogP) is 3.13. The minimum Gasteiger partial charge on any atom is -0.465 e. The van der Waals surface area contributed by atoms with E-state index < -0.39 is 11.9 Å². The highest BCUT2D eigenvalue weighted by Gasteiger charge is 2.11. The van der Waals surface area contributed by atoms with Crippen LogP contribution in [0.1, 0.15) is 26.3 Å². The molecule has 0 unspecified atom stereocenters. The summed E-state index contributed by atoms with van der Waals surface area (Å²) >= 11 is 0. The van der Waals surface area contributed by atoms with Crippen molar-refractivity contribution in [2.75, 3.05) is 7.11 Å². The standard InChI is InChI=1S/C20H16N2O4/c1-25-19(23)12-2-4-13(5-3-12)20(24)26-17-9-8-14-10-16(18(21)22)7-6-15(14)11-17/h2-11H,1H3,(H3,21,22). The number of benzene rings is 3. The maximum atomic E-state index is 12.3. The van der Waals surface area contributed by atoms with Crippen molar-refractivity contribution in [3.8, 4) is 5.75 Å². The molecule has 3 rings (SSSR count). The minimum atomic E-state index is -0.527. The van der Waals surface area contributed by atoms with Crippen LogP contribution >= 0.6 is 0 Å². The molecule has 0 fully saturated rings. The average molecular weight is 348 g/mol. The van der Waals surface area contributed by atoms with Gasteiger partial charge in [-0.25, -0.2) is 9.59 Å². The van der Waals surface area contributed by atoms with E-state index in [1.807, 2.05) is 6.07 Å². The van der Waals surface area contributed by atoms with Crippen molar-refractivity contribution < 1.29 is 19.1 Å². The van der Waals surface area contributed by atoms with Gasteiger partial charge in [-0.1, -0.05) is 18.2 Å². The molecule has 6 nitrogen and oxygen atoms in total. The number of nitrogens with two attached hydrogens (primary N) is 1. The zero-order valence-corrected chi connectivity index (χ0v) is 14.0. The number of ether oxygens (including phenoxy) is 2. The molecule has 0 aliphatic rings. The molecule has 0 aliphatic carbocycles. The number of fused-ring (bicyclic) bond motifs is 1. The SMILES string of the molecule is COC(=O)c1ccc(C(=O)Oc2ccc3cc(C(=N)N)ccc3c2)cc1. The number of nitrogen functional groups attached to an aromatic ring is 1. The topological polar surface area (TPSA) is 102 Å². The molecule has 130 valence electrons. The van der Waals surface area contributed by atoms with Gasteiger partial charge in [0.2, 0.25) is 0 Å². The van der Waals surface area contributed by atoms with Gasteiger partial charge in [0.1, 0.15) is 11.6 Å². The van der Waals surface area contributed by atoms with Crippen LogP contribution in [0.5, 0.6) is 5.75 Å². The molecule has 0 atom stereocenters. The van der Waals surface area contributed by atoms with Gasteiger partial charge in [-0.05, 0) is 53.2 Å². The van der Waals surface area contributed by atoms with E-state index in [9.17, 15) is 9.59 Å². The summed E-state index contributed by atoms with van der Waals surface area (Å²) < 4.78 is 10.0. The van der Waals surface area contributed by atoms with Gasteiger partial charge >= 0.3 is 11.9 Å². The lowest BCUT2D eigenvalue weighted by Gasteiger charge is -2.07. The first-order valence-corrected chi connectivity index (χ1v) is 7.76. The Morgan fingerprint density at radius 1 is 0.808 bits per heavy atom. The number of carbonyl (C=O) groups is 2. The third-order valence-electron chi connectivity index (χ3n) is 3.87. The van der Waals surface area contributed by atoms with E-state index >= 15 is 0 Å². The third-order valence-corrected chi connectivity index (χ3v) is 3.87. The number of carbonyl (C=O) groups excluding carboxylic acids is 2. The smallest absolute Gasteiger partial charge is 0.343 e. The van der Waals surface area contributed by atoms with Gasteiger partial charge < -0.3 is 15.2 Å². The Morgan fingerprint density at radius 3 is 1.96 bits per heavy atom. The summed E-state index contributed by atoms with van der Waals surface area (Å²) in [6, 6.07) is 16.6. The molecular formula is C20H16N2O4. The van der Waals surface area contributed by atoms with Gasteiger partial charge in [-0.3, -0.25) is 5.41 Å². The molecule has 0 saturated heterocycles. The van der Waals surface area contributed by atoms with E-state index in [2.05, 4.69) is 4.74 Å². The lowest BCUT2D eigenvalue weighted by Crippen LogP contribution is -2.10. The lowest BCUT2D eigenvalue weighted by molar-refractivity contribution is 0.0599. The van der Waals surface area contributed by atoms with E-state index in [1.165, 1.54) is 31.4 Å². The van der Waals surface area contributed by atoms with Gasteiger partial charge in [-0.2, -0.15) is 0 Å². The first kappa shape index (κ1) is 17.2. The summed E-state index contributed by atoms with van der Waals surface area (Å²) in [5, 5.41) is 9.23. The largest absolute Gasteiger partial charge is 0.465 e. The first-order chi connectivity index (χ1) is 12.5. The van der Waals surface area contributed by atoms with Gasteiger partial charge in [0, 0.05) is 5.56 Å². The normalized spacial score (nSPS) is 10.3. The Morgan fingerprint density at radius 2 is 1.35 bits per heavy atom. The van der Waals surface area contributed by atoms with Crippen LogP contribution in [0.3, 0.4) is 0 Å². The molecule has 3 N–H and O–H groups in total. The van der Waals surface area contributed by atoms with E-state index in [4.69, 9.17) is 15.9 Å². The number of methoxy groups -OCH3 is 1. The van der Waals surface area contributed by atoms with Crippen molar-refractivity contribution in [1.82, 2.24) is 0 Å². The maximum Gasteiger partial charge on any atom is 0.343 e. The average Bonchev–Trinajstić information content (AvgIpc) is 2.66. The molecule has 0 aliphatic heterocycles. The lowest BCUT2D eigenvalue weighted by atomic mass is 10.1. The first-order valence-electron chi connectivity index (χ1n) is 7.76. The highest BCUT2D eigenvalue weighted by molar-refractivity contribution is 5.99. The third kappa shape index (κ3) is 3.54. The number of amidine groups is 1. The van der Waals surface area contributed by atoms with Crippen LogP contribution in [0.4, 0.5) is 0 Å². The van der Waals surface area contributed by atoms with Crippen molar-refractivity contribution in [3.63, 3.8) is 0 Å². The summed E-state index contributed by atoms with van der Waals surface area (Å²) in [4.78, 5) is 23.7. The predicted molar refractivity (Wildman–Crippen MR) is 97.7 cm³/mol. The minimum absolute atomic E-state index is 0.00203. The van der Waals surface area contributed by atoms with Crippen LogP contribution in [0, 0.1) is 5.41 Å². The van der Waals surface area contributed by atoms with Crippen molar-refractivity contribution in [2.45, 2.75) is 0 Å². The molecule has 26 heavy (non-hydrogen) atoms. The van der Waals surface area contributed by atoms with Gasteiger partial charge in [0.25, 0.3) is 0 Å². The number of hydrogen-bond acceptors (Lipinski definition) is 5. The van der Waals surface area contributed by atoms with E-state index in [1.54, 1.807) is 30.3 Å². The van der Waals surface area contributed by atoms with Crippen LogP contribution in [0.15, 0.2) is 60.7 Å². The highest BCUT2D eigenvalue weighted by atomic mass is 16.5. The van der Waals surface area contributed by atoms with Crippen molar-refractivity contribution in [2.24, 2.45) is 5.73 Å². The maximum absolute atomic E-state index is 12.3. The quantitative estimate of drug-likeness (QED) is 0.326. The zero-order chi connectivity index (χ0) is 18.7. The molecule has 0 heterocycles. The summed E-state index contributed by atoms with van der Waals surface area (Å²) in [5.41, 5.74) is 6.80. The van der Waals surface area contributed by atoms with E-state index in [0.29, 0.717) is 22.4 Å². The van der Waals surface area contributed by atoms with Crippen molar-refractivity contribution >= 4 is 28.5 Å². The second-order valence-electron chi connectivity index (χ2n) is 5.60. The second-order valence-corrected chi connectivity index (χ2v) is 5.60. The summed E-state index contributed by atoms with van der Waals surface area (Å²) in [5.74, 6) is -0.599. The Balaban J connectivity index is 1.79. The molecule has 6 heteroatoms. The van der Waals surface area contributed by atoms with E-state index in [0.717, 1.165) is 10.8 Å². The molecule has 0 saturated carbocycles. The summed E-state index contributed by atoms with van der Waals surface area (Å²) in [6.45, 7) is 0. The fraction of sp³-hybridized carbons (Fsp3) is 0.0500. The van der Waals surface area contributed by atoms with Crippen LogP contribution in [-0.2, 0) is 4.74 Å².